The van der Waals surface area contributed by atoms with Gasteiger partial charge in [0.05, 0.1) is 0 Å². The van der Waals surface area contributed by atoms with Gasteiger partial charge in [-0.05, 0) is 0 Å². The molecule has 3 atom stereocenters. The monoisotopic (exact) mass is 418 g/mol. The van der Waals surface area contributed by atoms with E-state index in [0.717, 1.165) is 47.4 Å². The number of nitrogens with zero attached hydrogens (tertiary/aromatic N) is 1. The Balaban J connectivity index is 1.87. The van der Waals surface area contributed by atoms with Gasteiger partial charge in [-0.1, -0.05) is 0 Å². The fraction of sp³-hybridized carbons (Fsp3) is 0.571. The van der Waals surface area contributed by atoms with Crippen molar-refractivity contribution in [2.75, 3.05) is 12.0 Å². The molecule has 2 nitrogen and oxygen atoms in total. The maximum absolute atomic E-state index is 5.24. The van der Waals surface area contributed by atoms with Crippen LogP contribution in [0.1, 0.15) is 25.7 Å². The normalized spacial score (nSPS) is 31.7. The van der Waals surface area contributed by atoms with Crippen molar-refractivity contribution >= 4 is 5.69 Å². The van der Waals surface area contributed by atoms with Gasteiger partial charge in [0.25, 0.3) is 0 Å². The zero-order chi connectivity index (χ0) is 11.8. The molecule has 3 unspecified atom stereocenters. The molecule has 87 valence electrons. The summed E-state index contributed by atoms with van der Waals surface area (Å²) in [7, 11) is 1.73. The van der Waals surface area contributed by atoms with Gasteiger partial charge in [-0.2, -0.15) is 0 Å². The molecule has 0 aliphatic carbocycles. The first kappa shape index (κ1) is 11.8. The van der Waals surface area contributed by atoms with Crippen LogP contribution in [-0.2, 0) is 26.1 Å². The zero-order valence-electron chi connectivity index (χ0n) is 10.4. The standard InChI is InChI=1S/C14H18NO.Hg/c1-16-14-9-7-13(8-10-14)15-11-3-2-4-12(15)6-5-11;/h3,7-12H,2,4-6H2,1H3;. The van der Waals surface area contributed by atoms with Gasteiger partial charge in [-0.3, -0.25) is 0 Å². The summed E-state index contributed by atoms with van der Waals surface area (Å²) < 4.78 is 6.28. The van der Waals surface area contributed by atoms with Crippen molar-refractivity contribution in [3.8, 4) is 5.75 Å². The fourth-order valence-electron chi connectivity index (χ4n) is 3.41. The third-order valence-electron chi connectivity index (χ3n) is 4.33. The Labute approximate surface area is 119 Å². The molecule has 0 spiro atoms. The van der Waals surface area contributed by atoms with Crippen molar-refractivity contribution in [1.82, 2.24) is 0 Å². The molecular weight excluding hydrogens is 399 g/mol. The quantitative estimate of drug-likeness (QED) is 0.687. The second kappa shape index (κ2) is 4.79. The van der Waals surface area contributed by atoms with Gasteiger partial charge in [0.1, 0.15) is 0 Å². The zero-order valence-corrected chi connectivity index (χ0v) is 15.9. The molecule has 3 heteroatoms. The Morgan fingerprint density at radius 2 is 1.82 bits per heavy atom. The number of ether oxygens (including phenoxy) is 1. The van der Waals surface area contributed by atoms with E-state index in [0.29, 0.717) is 0 Å². The topological polar surface area (TPSA) is 12.5 Å². The van der Waals surface area contributed by atoms with Crippen molar-refractivity contribution in [3.05, 3.63) is 24.3 Å². The first-order valence-corrected chi connectivity index (χ1v) is 9.72. The summed E-state index contributed by atoms with van der Waals surface area (Å²) in [6.45, 7) is 0. The molecule has 2 fully saturated rings. The number of anilines is 1. The molecule has 2 heterocycles. The Hall–Kier alpha value is -0.245. The molecule has 1 aromatic rings. The molecular formula is C14H18HgNO. The Bertz CT molecular complexity index is 392. The average Bonchev–Trinajstić information content (AvgIpc) is 2.71. The SMILES string of the molecule is COc1ccc(N2C3CC[CH]([Hg])C2CC3)cc1. The third kappa shape index (κ3) is 2.09. The minimum atomic E-state index is 0.813. The summed E-state index contributed by atoms with van der Waals surface area (Å²) in [5.74, 6) is 0.962. The first-order valence-electron chi connectivity index (χ1n) is 6.55. The van der Waals surface area contributed by atoms with Gasteiger partial charge in [0.15, 0.2) is 0 Å². The molecule has 0 N–H and O–H groups in total. The van der Waals surface area contributed by atoms with Crippen molar-refractivity contribution in [2.45, 2.75) is 41.2 Å². The van der Waals surface area contributed by atoms with Crippen LogP contribution in [0.2, 0.25) is 3.43 Å². The summed E-state index contributed by atoms with van der Waals surface area (Å²) >= 11 is 0.917. The molecule has 2 saturated heterocycles. The molecule has 0 radical (unpaired) electrons. The van der Waals surface area contributed by atoms with Crippen LogP contribution in [0.3, 0.4) is 0 Å². The van der Waals surface area contributed by atoms with Gasteiger partial charge >= 0.3 is 120 Å². The van der Waals surface area contributed by atoms with E-state index >= 15 is 0 Å². The second-order valence-electron chi connectivity index (χ2n) is 5.24. The van der Waals surface area contributed by atoms with Crippen LogP contribution in [0.4, 0.5) is 5.69 Å². The Morgan fingerprint density at radius 3 is 2.53 bits per heavy atom. The van der Waals surface area contributed by atoms with E-state index in [1.165, 1.54) is 31.4 Å². The summed E-state index contributed by atoms with van der Waals surface area (Å²) in [5.41, 5.74) is 1.41. The van der Waals surface area contributed by atoms with Crippen molar-refractivity contribution in [1.29, 1.82) is 0 Å². The molecule has 0 amide bonds. The number of benzene rings is 1. The number of hydrogen-bond acceptors (Lipinski definition) is 2. The molecule has 3 rings (SSSR count). The van der Waals surface area contributed by atoms with E-state index in [1.54, 1.807) is 7.11 Å². The van der Waals surface area contributed by atoms with Crippen molar-refractivity contribution < 1.29 is 30.9 Å². The fourth-order valence-corrected chi connectivity index (χ4v) is 6.13. The van der Waals surface area contributed by atoms with E-state index in [1.807, 2.05) is 0 Å². The molecule has 2 aliphatic heterocycles. The van der Waals surface area contributed by atoms with Crippen LogP contribution in [0, 0.1) is 0 Å². The van der Waals surface area contributed by atoms with E-state index in [4.69, 9.17) is 4.74 Å². The number of hydrogen-bond donors (Lipinski definition) is 0. The van der Waals surface area contributed by atoms with Crippen molar-refractivity contribution in [3.63, 3.8) is 0 Å². The van der Waals surface area contributed by atoms with Gasteiger partial charge in [0, 0.05) is 0 Å². The maximum atomic E-state index is 5.24. The van der Waals surface area contributed by atoms with Crippen LogP contribution in [0.15, 0.2) is 24.3 Å². The van der Waals surface area contributed by atoms with Crippen LogP contribution in [0.5, 0.6) is 5.75 Å². The summed E-state index contributed by atoms with van der Waals surface area (Å²) in [4.78, 5) is 2.71. The predicted molar refractivity (Wildman–Crippen MR) is 65.3 cm³/mol. The summed E-state index contributed by atoms with van der Waals surface area (Å²) in [6.07, 6.45) is 5.73. The third-order valence-corrected chi connectivity index (χ3v) is 8.03. The van der Waals surface area contributed by atoms with Gasteiger partial charge in [-0.25, -0.2) is 0 Å². The minimum absolute atomic E-state index is 0.813. The molecule has 0 saturated carbocycles. The Morgan fingerprint density at radius 1 is 1.12 bits per heavy atom. The molecule has 2 aliphatic rings. The van der Waals surface area contributed by atoms with Crippen LogP contribution >= 0.6 is 0 Å². The number of methoxy groups -OCH3 is 1. The summed E-state index contributed by atoms with van der Waals surface area (Å²) in [5, 5.41) is 0. The second-order valence-corrected chi connectivity index (χ2v) is 9.32. The Kier molecular flexibility index (Phi) is 3.33. The van der Waals surface area contributed by atoms with E-state index in [2.05, 4.69) is 29.2 Å². The van der Waals surface area contributed by atoms with Crippen LogP contribution < -0.4 is 9.64 Å². The molecule has 17 heavy (non-hydrogen) atoms. The molecule has 0 aromatic heterocycles. The van der Waals surface area contributed by atoms with E-state index in [-0.39, 0.29) is 0 Å². The van der Waals surface area contributed by atoms with Gasteiger partial charge < -0.3 is 0 Å². The molecule has 2 bridgehead atoms. The number of fused-ring (bicyclic) bond motifs is 2. The average molecular weight is 417 g/mol. The van der Waals surface area contributed by atoms with Crippen molar-refractivity contribution in [2.24, 2.45) is 0 Å². The van der Waals surface area contributed by atoms with Crippen LogP contribution in [0.25, 0.3) is 0 Å². The number of piperidine rings is 1. The van der Waals surface area contributed by atoms with Gasteiger partial charge in [0.2, 0.25) is 0 Å². The first-order chi connectivity index (χ1) is 8.29. The van der Waals surface area contributed by atoms with E-state index < -0.39 is 0 Å². The summed E-state index contributed by atoms with van der Waals surface area (Å²) in [6, 6.07) is 10.3. The van der Waals surface area contributed by atoms with Crippen LogP contribution in [-0.4, -0.2) is 19.2 Å². The predicted octanol–water partition coefficient (Wildman–Crippen LogP) is 3.16. The number of rotatable bonds is 2. The van der Waals surface area contributed by atoms with E-state index in [9.17, 15) is 0 Å². The molecule has 1 aromatic carbocycles. The van der Waals surface area contributed by atoms with Gasteiger partial charge in [-0.15, -0.1) is 0 Å².